The lowest BCUT2D eigenvalue weighted by Crippen LogP contribution is -2.13. The predicted molar refractivity (Wildman–Crippen MR) is 119 cm³/mol. The summed E-state index contributed by atoms with van der Waals surface area (Å²) >= 11 is 6.19. The number of benzene rings is 2. The molecule has 1 aliphatic heterocycles. The Hall–Kier alpha value is -3.12. The van der Waals surface area contributed by atoms with Gasteiger partial charge >= 0.3 is 0 Å². The zero-order valence-corrected chi connectivity index (χ0v) is 17.2. The number of nitrogens with two attached hydrogens (primary N) is 1. The predicted octanol–water partition coefficient (Wildman–Crippen LogP) is 4.46. The van der Waals surface area contributed by atoms with Crippen LogP contribution in [0.15, 0.2) is 53.7 Å². The third-order valence-corrected chi connectivity index (χ3v) is 5.40. The van der Waals surface area contributed by atoms with Gasteiger partial charge in [0.25, 0.3) is 0 Å². The van der Waals surface area contributed by atoms with Crippen LogP contribution < -0.4 is 11.1 Å². The second-order valence-electron chi connectivity index (χ2n) is 7.05. The maximum Gasteiger partial charge on any atom is 0.0918 e. The van der Waals surface area contributed by atoms with Crippen molar-refractivity contribution in [2.75, 3.05) is 12.4 Å². The van der Waals surface area contributed by atoms with Gasteiger partial charge in [0.1, 0.15) is 0 Å². The molecule has 2 aromatic carbocycles. The van der Waals surface area contributed by atoms with Crippen molar-refractivity contribution < 1.29 is 0 Å². The van der Waals surface area contributed by atoms with Crippen molar-refractivity contribution in [2.45, 2.75) is 25.9 Å². The fraction of sp³-hybridized carbons (Fsp3) is 0.227. The molecule has 7 heteroatoms. The van der Waals surface area contributed by atoms with Gasteiger partial charge in [-0.05, 0) is 48.7 Å². The van der Waals surface area contributed by atoms with Gasteiger partial charge in [-0.3, -0.25) is 4.99 Å². The van der Waals surface area contributed by atoms with Crippen LogP contribution in [0.25, 0.3) is 16.8 Å². The highest BCUT2D eigenvalue weighted by Gasteiger charge is 2.25. The van der Waals surface area contributed by atoms with Crippen molar-refractivity contribution >= 4 is 29.1 Å². The summed E-state index contributed by atoms with van der Waals surface area (Å²) in [5.74, 6) is 0. The van der Waals surface area contributed by atoms with Crippen molar-refractivity contribution in [1.29, 1.82) is 0 Å². The van der Waals surface area contributed by atoms with Crippen molar-refractivity contribution in [3.8, 4) is 11.3 Å². The Morgan fingerprint density at radius 3 is 2.93 bits per heavy atom. The van der Waals surface area contributed by atoms with E-state index in [-0.39, 0.29) is 6.04 Å². The molecule has 0 spiro atoms. The Morgan fingerprint density at radius 2 is 2.17 bits per heavy atom. The number of nitrogens with one attached hydrogen (secondary N) is 1. The molecule has 0 bridgehead atoms. The molecule has 1 aliphatic rings. The minimum absolute atomic E-state index is 0.0853. The molecule has 0 saturated heterocycles. The van der Waals surface area contributed by atoms with Crippen LogP contribution in [-0.4, -0.2) is 28.3 Å². The minimum atomic E-state index is 0.0853. The molecule has 0 saturated carbocycles. The van der Waals surface area contributed by atoms with E-state index < -0.39 is 0 Å². The number of rotatable bonds is 4. The topological polar surface area (TPSA) is 81.1 Å². The average molecular weight is 407 g/mol. The number of halogens is 1. The van der Waals surface area contributed by atoms with Crippen LogP contribution in [0.5, 0.6) is 0 Å². The van der Waals surface area contributed by atoms with E-state index in [1.165, 1.54) is 5.56 Å². The molecule has 6 nitrogen and oxygen atoms in total. The standard InChI is InChI=1S/C22H23ClN6/c1-14-22-19-7-6-15(16(12-24)13-25-2)10-20(19)21(8-9-29(22)28-27-14)26-18-5-3-4-17(23)11-18/h3-7,10-13,21,26H,8-9,24H2,1-2H3. The Balaban J connectivity index is 1.84. The molecule has 1 atom stereocenters. The monoisotopic (exact) mass is 406 g/mol. The van der Waals surface area contributed by atoms with Gasteiger partial charge in [-0.25, -0.2) is 4.68 Å². The van der Waals surface area contributed by atoms with E-state index in [0.717, 1.165) is 46.7 Å². The van der Waals surface area contributed by atoms with Crippen molar-refractivity contribution in [1.82, 2.24) is 15.0 Å². The summed E-state index contributed by atoms with van der Waals surface area (Å²) in [6.45, 7) is 2.77. The lowest BCUT2D eigenvalue weighted by atomic mass is 9.92. The molecule has 1 aromatic heterocycles. The summed E-state index contributed by atoms with van der Waals surface area (Å²) in [7, 11) is 1.74. The number of anilines is 1. The second kappa shape index (κ2) is 8.09. The highest BCUT2D eigenvalue weighted by atomic mass is 35.5. The molecular weight excluding hydrogens is 384 g/mol. The van der Waals surface area contributed by atoms with Gasteiger partial charge in [-0.2, -0.15) is 0 Å². The highest BCUT2D eigenvalue weighted by molar-refractivity contribution is 6.30. The first kappa shape index (κ1) is 19.2. The van der Waals surface area contributed by atoms with Gasteiger partial charge in [0.05, 0.1) is 17.4 Å². The Bertz CT molecular complexity index is 1100. The lowest BCUT2D eigenvalue weighted by molar-refractivity contribution is 0.539. The number of fused-ring (bicyclic) bond motifs is 3. The first-order valence-electron chi connectivity index (χ1n) is 9.51. The van der Waals surface area contributed by atoms with Gasteiger partial charge < -0.3 is 11.1 Å². The van der Waals surface area contributed by atoms with Crippen molar-refractivity contribution in [2.24, 2.45) is 10.7 Å². The maximum atomic E-state index is 6.19. The zero-order valence-electron chi connectivity index (χ0n) is 16.4. The molecule has 3 N–H and O–H groups in total. The summed E-state index contributed by atoms with van der Waals surface area (Å²) in [4.78, 5) is 4.12. The molecule has 0 amide bonds. The number of allylic oxidation sites excluding steroid dienone is 1. The first-order valence-corrected chi connectivity index (χ1v) is 9.89. The number of aliphatic imine (C=N–C) groups is 1. The molecule has 0 radical (unpaired) electrons. The lowest BCUT2D eigenvalue weighted by Gasteiger charge is -2.21. The third-order valence-electron chi connectivity index (χ3n) is 5.16. The van der Waals surface area contributed by atoms with Crippen LogP contribution >= 0.6 is 11.6 Å². The number of nitrogens with zero attached hydrogens (tertiary/aromatic N) is 4. The van der Waals surface area contributed by atoms with E-state index in [4.69, 9.17) is 17.3 Å². The average Bonchev–Trinajstić information content (AvgIpc) is 3.01. The van der Waals surface area contributed by atoms with Gasteiger partial charge in [-0.15, -0.1) is 5.10 Å². The summed E-state index contributed by atoms with van der Waals surface area (Å²) < 4.78 is 1.99. The Morgan fingerprint density at radius 1 is 1.31 bits per heavy atom. The number of hydrogen-bond acceptors (Lipinski definition) is 5. The van der Waals surface area contributed by atoms with E-state index in [0.29, 0.717) is 5.02 Å². The fourth-order valence-electron chi connectivity index (χ4n) is 3.83. The van der Waals surface area contributed by atoms with Crippen LogP contribution in [0.4, 0.5) is 5.69 Å². The highest BCUT2D eigenvalue weighted by Crippen LogP contribution is 2.38. The third kappa shape index (κ3) is 3.76. The summed E-state index contributed by atoms with van der Waals surface area (Å²) in [6.07, 6.45) is 4.22. The number of hydrogen-bond donors (Lipinski definition) is 2. The molecule has 29 heavy (non-hydrogen) atoms. The molecule has 4 rings (SSSR count). The van der Waals surface area contributed by atoms with E-state index >= 15 is 0 Å². The van der Waals surface area contributed by atoms with Gasteiger partial charge in [0.2, 0.25) is 0 Å². The van der Waals surface area contributed by atoms with Crippen molar-refractivity contribution in [3.05, 3.63) is 70.5 Å². The zero-order chi connectivity index (χ0) is 20.4. The number of aryl methyl sites for hydroxylation is 2. The molecule has 2 heterocycles. The smallest absolute Gasteiger partial charge is 0.0918 e. The molecule has 0 fully saturated rings. The second-order valence-corrected chi connectivity index (χ2v) is 7.49. The molecule has 1 unspecified atom stereocenters. The van der Waals surface area contributed by atoms with Crippen LogP contribution in [0.3, 0.4) is 0 Å². The van der Waals surface area contributed by atoms with Crippen LogP contribution in [0, 0.1) is 6.92 Å². The van der Waals surface area contributed by atoms with Gasteiger partial charge in [0, 0.05) is 47.9 Å². The molecule has 3 aromatic rings. The first-order chi connectivity index (χ1) is 14.1. The van der Waals surface area contributed by atoms with Crippen LogP contribution in [0.2, 0.25) is 5.02 Å². The van der Waals surface area contributed by atoms with Crippen LogP contribution in [-0.2, 0) is 6.54 Å². The van der Waals surface area contributed by atoms with Gasteiger partial charge in [0.15, 0.2) is 0 Å². The van der Waals surface area contributed by atoms with Crippen LogP contribution in [0.1, 0.15) is 29.3 Å². The Labute approximate surface area is 175 Å². The van der Waals surface area contributed by atoms with E-state index in [1.54, 1.807) is 19.5 Å². The SMILES string of the molecule is CN=CC(=CN)c1ccc2c(c1)C(Nc1cccc(Cl)c1)CCn1nnc(C)c1-2. The summed E-state index contributed by atoms with van der Waals surface area (Å²) in [6, 6.07) is 14.2. The van der Waals surface area contributed by atoms with E-state index in [2.05, 4.69) is 38.8 Å². The largest absolute Gasteiger partial charge is 0.404 e. The van der Waals surface area contributed by atoms with E-state index in [1.807, 2.05) is 35.9 Å². The van der Waals surface area contributed by atoms with Crippen molar-refractivity contribution in [3.63, 3.8) is 0 Å². The van der Waals surface area contributed by atoms with E-state index in [9.17, 15) is 0 Å². The Kier molecular flexibility index (Phi) is 5.36. The molecule has 0 aliphatic carbocycles. The summed E-state index contributed by atoms with van der Waals surface area (Å²) in [5.41, 5.74) is 13.0. The normalized spacial score (nSPS) is 16.4. The maximum absolute atomic E-state index is 6.19. The van der Waals surface area contributed by atoms with Gasteiger partial charge in [-0.1, -0.05) is 35.0 Å². The fourth-order valence-corrected chi connectivity index (χ4v) is 4.02. The summed E-state index contributed by atoms with van der Waals surface area (Å²) in [5, 5.41) is 13.0. The quantitative estimate of drug-likeness (QED) is 0.626. The minimum Gasteiger partial charge on any atom is -0.404 e. The number of aromatic nitrogens is 3. The molecule has 148 valence electrons. The molecular formula is C22H23ClN6.